The van der Waals surface area contributed by atoms with Gasteiger partial charge in [-0.15, -0.1) is 0 Å². The monoisotopic (exact) mass is 326 g/mol. The smallest absolute Gasteiger partial charge is 0.314 e. The number of aliphatic carboxylic acids is 1. The van der Waals surface area contributed by atoms with Gasteiger partial charge >= 0.3 is 5.97 Å². The number of carboxylic acids is 1. The maximum absolute atomic E-state index is 12.2. The number of benzene rings is 1. The molecule has 0 bridgehead atoms. The van der Waals surface area contributed by atoms with Crippen molar-refractivity contribution in [2.45, 2.75) is 51.4 Å². The fourth-order valence-corrected chi connectivity index (χ4v) is 4.01. The lowest BCUT2D eigenvalue weighted by molar-refractivity contribution is -0.145. The van der Waals surface area contributed by atoms with Gasteiger partial charge in [-0.3, -0.25) is 4.79 Å². The summed E-state index contributed by atoms with van der Waals surface area (Å²) >= 11 is 6.37. The fraction of sp³-hybridized carbons (Fsp3) is 0.588. The van der Waals surface area contributed by atoms with Crippen LogP contribution in [0, 0.1) is 13.8 Å². The van der Waals surface area contributed by atoms with Crippen LogP contribution in [0.25, 0.3) is 0 Å². The molecule has 122 valence electrons. The minimum atomic E-state index is -0.920. The predicted molar refractivity (Wildman–Crippen MR) is 86.4 cm³/mol. The van der Waals surface area contributed by atoms with Crippen molar-refractivity contribution in [3.05, 3.63) is 21.7 Å². The highest BCUT2D eigenvalue weighted by Gasteiger charge is 2.45. The highest BCUT2D eigenvalue weighted by Crippen LogP contribution is 2.50. The van der Waals surface area contributed by atoms with Crippen LogP contribution in [0.2, 0.25) is 5.02 Å². The van der Waals surface area contributed by atoms with Crippen LogP contribution in [-0.4, -0.2) is 25.3 Å². The van der Waals surface area contributed by atoms with Crippen molar-refractivity contribution >= 4 is 17.6 Å². The molecule has 1 aliphatic carbocycles. The summed E-state index contributed by atoms with van der Waals surface area (Å²) in [5.74, 6) is 0.325. The molecule has 0 unspecified atom stereocenters. The molecular weight excluding hydrogens is 304 g/mol. The number of hydrogen-bond acceptors (Lipinski definition) is 3. The zero-order valence-electron chi connectivity index (χ0n) is 13.6. The van der Waals surface area contributed by atoms with Gasteiger partial charge in [0, 0.05) is 16.7 Å². The molecule has 0 saturated heterocycles. The third-order valence-electron chi connectivity index (χ3n) is 4.82. The minimum Gasteiger partial charge on any atom is -0.496 e. The van der Waals surface area contributed by atoms with Gasteiger partial charge < -0.3 is 14.6 Å². The van der Waals surface area contributed by atoms with Crippen molar-refractivity contribution in [3.63, 3.8) is 0 Å². The van der Waals surface area contributed by atoms with E-state index in [1.165, 1.54) is 0 Å². The van der Waals surface area contributed by atoms with Gasteiger partial charge in [-0.05, 0) is 26.7 Å². The lowest BCUT2D eigenvalue weighted by atomic mass is 9.67. The quantitative estimate of drug-likeness (QED) is 0.898. The molecule has 0 atom stereocenters. The number of hydrogen-bond donors (Lipinski definition) is 1. The van der Waals surface area contributed by atoms with Gasteiger partial charge in [0.05, 0.1) is 24.7 Å². The maximum Gasteiger partial charge on any atom is 0.314 e. The number of carbonyl (C=O) groups is 1. The van der Waals surface area contributed by atoms with Gasteiger partial charge in [-0.2, -0.15) is 0 Å². The normalized spacial score (nSPS) is 17.1. The fourth-order valence-electron chi connectivity index (χ4n) is 3.71. The Bertz CT molecular complexity index is 589. The Morgan fingerprint density at radius 3 is 2.05 bits per heavy atom. The highest BCUT2D eigenvalue weighted by atomic mass is 35.5. The van der Waals surface area contributed by atoms with Crippen molar-refractivity contribution in [1.82, 2.24) is 0 Å². The van der Waals surface area contributed by atoms with Gasteiger partial charge in [0.25, 0.3) is 0 Å². The molecule has 5 heteroatoms. The minimum absolute atomic E-state index is 0.483. The van der Waals surface area contributed by atoms with E-state index in [1.54, 1.807) is 14.2 Å². The van der Waals surface area contributed by atoms with Crippen LogP contribution in [0.3, 0.4) is 0 Å². The van der Waals surface area contributed by atoms with Crippen molar-refractivity contribution in [2.75, 3.05) is 14.2 Å². The van der Waals surface area contributed by atoms with Crippen LogP contribution in [0.1, 0.15) is 48.8 Å². The topological polar surface area (TPSA) is 55.8 Å². The second kappa shape index (κ2) is 6.37. The molecule has 22 heavy (non-hydrogen) atoms. The van der Waals surface area contributed by atoms with E-state index in [-0.39, 0.29) is 0 Å². The summed E-state index contributed by atoms with van der Waals surface area (Å²) in [6, 6.07) is 0. The molecule has 0 aliphatic heterocycles. The number of methoxy groups -OCH3 is 2. The van der Waals surface area contributed by atoms with Crippen molar-refractivity contribution in [1.29, 1.82) is 0 Å². The molecule has 1 saturated carbocycles. The van der Waals surface area contributed by atoms with Gasteiger partial charge in [0.1, 0.15) is 11.5 Å². The van der Waals surface area contributed by atoms with E-state index in [2.05, 4.69) is 0 Å². The van der Waals surface area contributed by atoms with Gasteiger partial charge in [0.15, 0.2) is 0 Å². The van der Waals surface area contributed by atoms with E-state index in [0.717, 1.165) is 36.0 Å². The summed E-state index contributed by atoms with van der Waals surface area (Å²) in [6.45, 7) is 3.70. The summed E-state index contributed by atoms with van der Waals surface area (Å²) in [7, 11) is 3.12. The highest BCUT2D eigenvalue weighted by molar-refractivity contribution is 6.33. The molecule has 0 aromatic heterocycles. The molecule has 0 heterocycles. The van der Waals surface area contributed by atoms with Crippen LogP contribution in [-0.2, 0) is 10.2 Å². The zero-order chi connectivity index (χ0) is 16.5. The van der Waals surface area contributed by atoms with Crippen molar-refractivity contribution in [2.24, 2.45) is 0 Å². The molecule has 1 aromatic rings. The van der Waals surface area contributed by atoms with Gasteiger partial charge in [-0.25, -0.2) is 0 Å². The lowest BCUT2D eigenvalue weighted by Gasteiger charge is -2.36. The lowest BCUT2D eigenvalue weighted by Crippen LogP contribution is -2.39. The number of halogens is 1. The Morgan fingerprint density at radius 2 is 1.59 bits per heavy atom. The summed E-state index contributed by atoms with van der Waals surface area (Å²) in [4.78, 5) is 12.2. The van der Waals surface area contributed by atoms with Crippen LogP contribution in [0.15, 0.2) is 0 Å². The molecule has 0 amide bonds. The molecule has 4 nitrogen and oxygen atoms in total. The molecule has 0 spiro atoms. The summed E-state index contributed by atoms with van der Waals surface area (Å²) in [5.41, 5.74) is 1.30. The van der Waals surface area contributed by atoms with Crippen LogP contribution in [0.4, 0.5) is 0 Å². The molecule has 1 fully saturated rings. The van der Waals surface area contributed by atoms with Gasteiger partial charge in [-0.1, -0.05) is 30.9 Å². The zero-order valence-corrected chi connectivity index (χ0v) is 14.3. The number of carboxylic acid groups (broad SMARTS) is 1. The Morgan fingerprint density at radius 1 is 1.05 bits per heavy atom. The van der Waals surface area contributed by atoms with Crippen molar-refractivity contribution < 1.29 is 19.4 Å². The Balaban J connectivity index is 2.82. The van der Waals surface area contributed by atoms with Gasteiger partial charge in [0.2, 0.25) is 0 Å². The SMILES string of the molecule is COc1c(C)c(C2(C(=O)O)CCCCC2)c(OC)c(C)c1Cl. The van der Waals surface area contributed by atoms with E-state index in [0.29, 0.717) is 29.4 Å². The Kier molecular flexibility index (Phi) is 4.90. The maximum atomic E-state index is 12.2. The second-order valence-corrected chi connectivity index (χ2v) is 6.33. The van der Waals surface area contributed by atoms with Crippen LogP contribution >= 0.6 is 11.6 Å². The first-order valence-corrected chi connectivity index (χ1v) is 7.93. The molecular formula is C17H23ClO4. The summed E-state index contributed by atoms with van der Waals surface area (Å²) in [6.07, 6.45) is 4.10. The van der Waals surface area contributed by atoms with Crippen LogP contribution in [0.5, 0.6) is 11.5 Å². The third-order valence-corrected chi connectivity index (χ3v) is 5.27. The number of ether oxygens (including phenoxy) is 2. The molecule has 0 radical (unpaired) electrons. The molecule has 1 aliphatic rings. The van der Waals surface area contributed by atoms with E-state index in [4.69, 9.17) is 21.1 Å². The van der Waals surface area contributed by atoms with E-state index < -0.39 is 11.4 Å². The summed E-state index contributed by atoms with van der Waals surface area (Å²) in [5, 5.41) is 10.5. The second-order valence-electron chi connectivity index (χ2n) is 5.95. The molecule has 1 N–H and O–H groups in total. The van der Waals surface area contributed by atoms with E-state index >= 15 is 0 Å². The average molecular weight is 327 g/mol. The Hall–Kier alpha value is -1.42. The molecule has 1 aromatic carbocycles. The first-order chi connectivity index (χ1) is 10.4. The molecule has 2 rings (SSSR count). The van der Waals surface area contributed by atoms with Crippen molar-refractivity contribution in [3.8, 4) is 11.5 Å². The first kappa shape index (κ1) is 16.9. The average Bonchev–Trinajstić information content (AvgIpc) is 2.51. The number of rotatable bonds is 4. The third kappa shape index (κ3) is 2.43. The standard InChI is InChI=1S/C17H23ClO4/c1-10-12(17(16(19)20)8-6-5-7-9-17)14(21-3)11(2)13(18)15(10)22-4/h5-9H2,1-4H3,(H,19,20). The first-order valence-electron chi connectivity index (χ1n) is 7.55. The Labute approximate surface area is 136 Å². The predicted octanol–water partition coefficient (Wildman–Crippen LogP) is 4.26. The van der Waals surface area contributed by atoms with E-state index in [9.17, 15) is 9.90 Å². The summed E-state index contributed by atoms with van der Waals surface area (Å²) < 4.78 is 11.0. The van der Waals surface area contributed by atoms with Crippen LogP contribution < -0.4 is 9.47 Å². The largest absolute Gasteiger partial charge is 0.496 e. The van der Waals surface area contributed by atoms with E-state index in [1.807, 2.05) is 13.8 Å².